The third kappa shape index (κ3) is 19.4. The predicted molar refractivity (Wildman–Crippen MR) is 241 cm³/mol. The summed E-state index contributed by atoms with van der Waals surface area (Å²) in [6.07, 6.45) is 5.01. The van der Waals surface area contributed by atoms with Gasteiger partial charge >= 0.3 is 5.97 Å². The largest absolute Gasteiger partial charge is 0.480 e. The van der Waals surface area contributed by atoms with Gasteiger partial charge in [0.25, 0.3) is 0 Å². The van der Waals surface area contributed by atoms with E-state index in [1.165, 1.54) is 24.3 Å². The average Bonchev–Trinajstić information content (AvgIpc) is 3.97. The molecule has 7 atom stereocenters. The van der Waals surface area contributed by atoms with Crippen molar-refractivity contribution in [1.82, 2.24) is 52.1 Å². The molecule has 25 heteroatoms. The smallest absolute Gasteiger partial charge is 0.326 e. The Hall–Kier alpha value is -6.37. The van der Waals surface area contributed by atoms with Crippen LogP contribution < -0.4 is 60.2 Å². The van der Waals surface area contributed by atoms with Gasteiger partial charge in [0.15, 0.2) is 5.96 Å². The molecule has 0 bridgehead atoms. The summed E-state index contributed by atoms with van der Waals surface area (Å²) in [5.74, 6) is -7.51. The van der Waals surface area contributed by atoms with Crippen molar-refractivity contribution < 1.29 is 48.3 Å². The number of H-pyrrole nitrogens is 1. The Kier molecular flexibility index (Phi) is 24.1. The number of carboxylic acids is 1. The van der Waals surface area contributed by atoms with Crippen LogP contribution in [0.1, 0.15) is 91.7 Å². The molecule has 2 rings (SSSR count). The van der Waals surface area contributed by atoms with Crippen molar-refractivity contribution in [3.63, 3.8) is 0 Å². The molecule has 1 fully saturated rings. The number of nitrogens with one attached hydrogen (secondary N) is 8. The van der Waals surface area contributed by atoms with Crippen LogP contribution in [0.5, 0.6) is 0 Å². The second-order valence-corrected chi connectivity index (χ2v) is 16.9. The molecule has 1 saturated heterocycles. The zero-order chi connectivity index (χ0) is 49.5. The van der Waals surface area contributed by atoms with E-state index >= 15 is 0 Å². The number of carbonyl (C=O) groups is 9. The van der Waals surface area contributed by atoms with Gasteiger partial charge in [-0.3, -0.25) is 43.3 Å². The lowest BCUT2D eigenvalue weighted by Crippen LogP contribution is -2.60. The van der Waals surface area contributed by atoms with Crippen LogP contribution in [-0.2, 0) is 49.6 Å². The number of aliphatic imine (C=N–C) groups is 1. The van der Waals surface area contributed by atoms with E-state index in [4.69, 9.17) is 22.9 Å². The third-order valence-electron chi connectivity index (χ3n) is 10.6. The van der Waals surface area contributed by atoms with Gasteiger partial charge < -0.3 is 75.1 Å². The number of aromatic amines is 1. The van der Waals surface area contributed by atoms with Crippen LogP contribution in [0.25, 0.3) is 0 Å². The number of unbranched alkanes of at least 4 members (excludes halogenated alkanes) is 1. The highest BCUT2D eigenvalue weighted by atomic mass is 16.4. The Morgan fingerprint density at radius 3 is 2.00 bits per heavy atom. The summed E-state index contributed by atoms with van der Waals surface area (Å²) in [7, 11) is 0. The van der Waals surface area contributed by atoms with Gasteiger partial charge in [-0.1, -0.05) is 27.7 Å². The van der Waals surface area contributed by atoms with Gasteiger partial charge in [-0.2, -0.15) is 0 Å². The van der Waals surface area contributed by atoms with Crippen LogP contribution in [0.2, 0.25) is 0 Å². The number of imidazole rings is 1. The highest BCUT2D eigenvalue weighted by molar-refractivity contribution is 5.97. The molecule has 0 saturated carbocycles. The summed E-state index contributed by atoms with van der Waals surface area (Å²) < 4.78 is 0. The number of carboxylic acid groups (broad SMARTS) is 1. The molecule has 66 heavy (non-hydrogen) atoms. The van der Waals surface area contributed by atoms with Crippen molar-refractivity contribution in [2.45, 2.75) is 135 Å². The Balaban J connectivity index is 2.23. The maximum Gasteiger partial charge on any atom is 0.326 e. The summed E-state index contributed by atoms with van der Waals surface area (Å²) in [5.41, 5.74) is 22.5. The topological polar surface area (TPSA) is 406 Å². The second-order valence-electron chi connectivity index (χ2n) is 16.9. The number of aliphatic carboxylic acids is 1. The molecule has 1 aromatic rings. The van der Waals surface area contributed by atoms with Crippen LogP contribution in [0.15, 0.2) is 17.5 Å². The van der Waals surface area contributed by atoms with E-state index in [0.29, 0.717) is 37.9 Å². The number of hydrogen-bond acceptors (Lipinski definition) is 13. The van der Waals surface area contributed by atoms with Gasteiger partial charge in [0, 0.05) is 31.4 Å². The molecule has 1 aliphatic heterocycles. The van der Waals surface area contributed by atoms with Crippen molar-refractivity contribution in [2.75, 3.05) is 32.7 Å². The molecule has 1 aromatic heterocycles. The molecule has 17 N–H and O–H groups in total. The fourth-order valence-electron chi connectivity index (χ4n) is 7.04. The molecule has 0 spiro atoms. The van der Waals surface area contributed by atoms with Gasteiger partial charge in [0.2, 0.25) is 47.3 Å². The van der Waals surface area contributed by atoms with Crippen LogP contribution >= 0.6 is 0 Å². The normalized spacial score (nSPS) is 16.1. The summed E-state index contributed by atoms with van der Waals surface area (Å²) in [6.45, 7) is 8.21. The Morgan fingerprint density at radius 1 is 0.803 bits per heavy atom. The first-order chi connectivity index (χ1) is 31.2. The van der Waals surface area contributed by atoms with Crippen molar-refractivity contribution in [3.8, 4) is 0 Å². The molecule has 0 unspecified atom stereocenters. The van der Waals surface area contributed by atoms with Crippen LogP contribution in [0.4, 0.5) is 0 Å². The fraction of sp³-hybridized carbons (Fsp3) is 0.683. The van der Waals surface area contributed by atoms with E-state index in [-0.39, 0.29) is 63.6 Å². The second kappa shape index (κ2) is 28.5. The van der Waals surface area contributed by atoms with E-state index in [1.807, 2.05) is 0 Å². The third-order valence-corrected chi connectivity index (χ3v) is 10.6. The summed E-state index contributed by atoms with van der Waals surface area (Å²) in [4.78, 5) is 131. The van der Waals surface area contributed by atoms with Gasteiger partial charge in [0.1, 0.15) is 42.3 Å². The lowest BCUT2D eigenvalue weighted by atomic mass is 9.99. The minimum absolute atomic E-state index is 0.00949. The standard InChI is InChI=1S/C41H71N15O10/c1-22(2)16-29(40(65)66)54-39(64)33(23(3)4)55-36(61)27(11-8-14-47-41(44)45)52-34(59)24(5)50-35(60)26(10-6-7-13-42)53-37(62)28(17-25-19-46-21-49-25)51-31(57)20-48-38(63)30-12-9-15-56(30)32(58)18-43/h19,21-24,26-30,33H,6-18,20,42-43H2,1-5H3,(H,46,49)(H,48,63)(H,50,60)(H,51,57)(H,52,59)(H,53,62)(H,54,64)(H,55,61)(H,65,66)(H4,44,45,47)/t24-,26-,27-,28-,29-,30-,33-/m0/s1. The predicted octanol–water partition coefficient (Wildman–Crippen LogP) is -4.08. The minimum Gasteiger partial charge on any atom is -0.480 e. The van der Waals surface area contributed by atoms with Crippen LogP contribution in [0, 0.1) is 11.8 Å². The van der Waals surface area contributed by atoms with Crippen molar-refractivity contribution in [3.05, 3.63) is 18.2 Å². The first-order valence-electron chi connectivity index (χ1n) is 22.2. The number of likely N-dealkylation sites (tertiary alicyclic amines) is 1. The van der Waals surface area contributed by atoms with E-state index in [1.54, 1.807) is 27.7 Å². The zero-order valence-electron chi connectivity index (χ0n) is 38.5. The maximum atomic E-state index is 13.9. The van der Waals surface area contributed by atoms with Gasteiger partial charge in [-0.25, -0.2) is 9.78 Å². The zero-order valence-corrected chi connectivity index (χ0v) is 38.5. The van der Waals surface area contributed by atoms with E-state index in [0.717, 1.165) is 0 Å². The van der Waals surface area contributed by atoms with Gasteiger partial charge in [0.05, 0.1) is 19.4 Å². The molecule has 25 nitrogen and oxygen atoms in total. The highest BCUT2D eigenvalue weighted by Gasteiger charge is 2.35. The molecule has 0 aliphatic carbocycles. The molecule has 370 valence electrons. The summed E-state index contributed by atoms with van der Waals surface area (Å²) >= 11 is 0. The fourth-order valence-corrected chi connectivity index (χ4v) is 7.04. The number of amides is 8. The molecule has 0 radical (unpaired) electrons. The first kappa shape index (κ1) is 55.8. The Morgan fingerprint density at radius 2 is 1.42 bits per heavy atom. The van der Waals surface area contributed by atoms with Crippen LogP contribution in [0.3, 0.4) is 0 Å². The molecule has 1 aliphatic rings. The SMILES string of the molecule is CC(C)C[C@H](NC(=O)[C@@H](NC(=O)[C@H](CCCN=C(N)N)NC(=O)[C@H](C)NC(=O)[C@H](CCCCN)NC(=O)[C@H](Cc1cnc[nH]1)NC(=O)CNC(=O)[C@@H]1CCCN1C(=O)CN)C(C)C)C(=O)O. The monoisotopic (exact) mass is 934 g/mol. The van der Waals surface area contributed by atoms with Crippen LogP contribution in [-0.4, -0.2) is 154 Å². The van der Waals surface area contributed by atoms with E-state index in [9.17, 15) is 48.3 Å². The number of guanidine groups is 1. The van der Waals surface area contributed by atoms with Gasteiger partial charge in [-0.05, 0) is 76.7 Å². The molecular formula is C41H71N15O10. The molecular weight excluding hydrogens is 863 g/mol. The first-order valence-corrected chi connectivity index (χ1v) is 22.2. The Bertz CT molecular complexity index is 1820. The van der Waals surface area contributed by atoms with Crippen molar-refractivity contribution in [1.29, 1.82) is 0 Å². The van der Waals surface area contributed by atoms with Crippen molar-refractivity contribution in [2.24, 2.45) is 39.8 Å². The number of rotatable bonds is 29. The summed E-state index contributed by atoms with van der Waals surface area (Å²) in [6, 6.07) is -8.24. The number of carbonyl (C=O) groups excluding carboxylic acids is 8. The van der Waals surface area contributed by atoms with Gasteiger partial charge in [-0.15, -0.1) is 0 Å². The summed E-state index contributed by atoms with van der Waals surface area (Å²) in [5, 5.41) is 27.7. The van der Waals surface area contributed by atoms with Crippen molar-refractivity contribution >= 4 is 59.2 Å². The highest BCUT2D eigenvalue weighted by Crippen LogP contribution is 2.17. The number of hydrogen-bond donors (Lipinski definition) is 13. The average molecular weight is 934 g/mol. The Labute approximate surface area is 384 Å². The number of nitrogens with two attached hydrogens (primary N) is 4. The minimum atomic E-state index is -1.28. The molecule has 8 amide bonds. The lowest BCUT2D eigenvalue weighted by Gasteiger charge is -2.28. The quantitative estimate of drug-likeness (QED) is 0.0206. The van der Waals surface area contributed by atoms with E-state index in [2.05, 4.69) is 52.2 Å². The lowest BCUT2D eigenvalue weighted by molar-refractivity contribution is -0.143. The maximum absolute atomic E-state index is 13.9. The number of aromatic nitrogens is 2. The molecule has 2 heterocycles. The van der Waals surface area contributed by atoms with E-state index < -0.39 is 108 Å². The number of nitrogens with zero attached hydrogens (tertiary/aromatic N) is 3. The molecule has 0 aromatic carbocycles.